The molecular formula is C20H24F5N3O3S2. The van der Waals surface area contributed by atoms with Crippen molar-refractivity contribution in [3.63, 3.8) is 0 Å². The van der Waals surface area contributed by atoms with Gasteiger partial charge in [0.05, 0.1) is 4.90 Å². The topological polar surface area (TPSA) is 69.7 Å². The minimum Gasteiger partial charge on any atom is -0.322 e. The summed E-state index contributed by atoms with van der Waals surface area (Å²) < 4.78 is 91.1. The van der Waals surface area contributed by atoms with Crippen LogP contribution in [0.25, 0.3) is 0 Å². The molecule has 1 aliphatic rings. The second-order valence-electron chi connectivity index (χ2n) is 8.01. The molecule has 1 heterocycles. The van der Waals surface area contributed by atoms with Crippen molar-refractivity contribution in [3.8, 4) is 0 Å². The van der Waals surface area contributed by atoms with Crippen molar-refractivity contribution in [1.82, 2.24) is 9.21 Å². The summed E-state index contributed by atoms with van der Waals surface area (Å²) in [7, 11) is -13.5. The summed E-state index contributed by atoms with van der Waals surface area (Å²) in [6.45, 7) is 6.02. The number of sulfonamides is 1. The zero-order chi connectivity index (χ0) is 24.7. The maximum absolute atomic E-state index is 12.9. The highest BCUT2D eigenvalue weighted by atomic mass is 32.5. The van der Waals surface area contributed by atoms with Crippen molar-refractivity contribution < 1.29 is 32.6 Å². The number of benzene rings is 2. The van der Waals surface area contributed by atoms with Gasteiger partial charge in [-0.25, -0.2) is 8.42 Å². The summed E-state index contributed by atoms with van der Waals surface area (Å²) in [4.78, 5) is 12.4. The normalized spacial score (nSPS) is 18.5. The van der Waals surface area contributed by atoms with E-state index in [1.807, 2.05) is 13.8 Å². The predicted molar refractivity (Wildman–Crippen MR) is 118 cm³/mol. The Balaban J connectivity index is 1.68. The van der Waals surface area contributed by atoms with Crippen molar-refractivity contribution in [2.24, 2.45) is 0 Å². The van der Waals surface area contributed by atoms with E-state index in [9.17, 15) is 32.6 Å². The Morgan fingerprint density at radius 1 is 0.879 bits per heavy atom. The van der Waals surface area contributed by atoms with Gasteiger partial charge in [0.1, 0.15) is 4.90 Å². The first-order valence-electron chi connectivity index (χ1n) is 9.97. The number of nitrogens with one attached hydrogen (secondary N) is 1. The van der Waals surface area contributed by atoms with Gasteiger partial charge in [0.15, 0.2) is 0 Å². The first-order valence-corrected chi connectivity index (χ1v) is 13.4. The van der Waals surface area contributed by atoms with E-state index in [1.54, 1.807) is 0 Å². The molecule has 0 radical (unpaired) electrons. The predicted octanol–water partition coefficient (Wildman–Crippen LogP) is 5.31. The first kappa shape index (κ1) is 25.4. The van der Waals surface area contributed by atoms with Crippen LogP contribution in [0.2, 0.25) is 0 Å². The van der Waals surface area contributed by atoms with Crippen LogP contribution >= 0.6 is 10.2 Å². The quantitative estimate of drug-likeness (QED) is 0.532. The largest absolute Gasteiger partial charge is 0.322 e. The number of carbonyl (C=O) groups excluding carboxylic acids is 1. The summed E-state index contributed by atoms with van der Waals surface area (Å²) in [6, 6.07) is 7.26. The molecule has 0 spiro atoms. The Bertz CT molecular complexity index is 1130. The van der Waals surface area contributed by atoms with E-state index in [0.29, 0.717) is 44.4 Å². The second kappa shape index (κ2) is 7.93. The van der Waals surface area contributed by atoms with Crippen LogP contribution in [-0.4, -0.2) is 55.8 Å². The molecule has 1 amide bonds. The summed E-state index contributed by atoms with van der Waals surface area (Å²) >= 11 is 0. The summed E-state index contributed by atoms with van der Waals surface area (Å²) in [5.41, 5.74) is -0.0688. The molecule has 2 aromatic rings. The standard InChI is InChI=1S/C20H24F5N3O3S2/c1-15(2)27-11-13-28(14-12-27)32(30,31)18-7-5-17(6-8-18)26-20(29)16-3-9-19(10-4-16)33(21,22,23,24)25/h3-10,15H,11-14H2,1-2H3,(H,26,29). The fraction of sp³-hybridized carbons (Fsp3) is 0.350. The number of amides is 1. The number of carbonyl (C=O) groups is 1. The van der Waals surface area contributed by atoms with Crippen molar-refractivity contribution in [3.05, 3.63) is 54.1 Å². The van der Waals surface area contributed by atoms with E-state index < -0.39 is 31.0 Å². The molecule has 1 fully saturated rings. The molecule has 0 aliphatic carbocycles. The van der Waals surface area contributed by atoms with Gasteiger partial charge in [0.25, 0.3) is 5.91 Å². The number of rotatable bonds is 6. The zero-order valence-corrected chi connectivity index (χ0v) is 19.5. The van der Waals surface area contributed by atoms with Crippen LogP contribution in [0.15, 0.2) is 58.3 Å². The van der Waals surface area contributed by atoms with Crippen molar-refractivity contribution in [1.29, 1.82) is 0 Å². The summed E-state index contributed by atoms with van der Waals surface area (Å²) in [6.07, 6.45) is 0. The van der Waals surface area contributed by atoms with Crippen molar-refractivity contribution >= 4 is 31.8 Å². The Kier molecular flexibility index (Phi) is 6.10. The lowest BCUT2D eigenvalue weighted by atomic mass is 10.2. The molecule has 2 aromatic carbocycles. The van der Waals surface area contributed by atoms with Crippen molar-refractivity contribution in [2.45, 2.75) is 29.7 Å². The van der Waals surface area contributed by atoms with Crippen LogP contribution in [0.1, 0.15) is 24.2 Å². The molecule has 1 saturated heterocycles. The molecule has 1 N–H and O–H groups in total. The van der Waals surface area contributed by atoms with Crippen LogP contribution < -0.4 is 5.32 Å². The number of piperazine rings is 1. The number of anilines is 1. The van der Waals surface area contributed by atoms with Crippen LogP contribution in [0, 0.1) is 0 Å². The number of hydrogen-bond acceptors (Lipinski definition) is 4. The minimum absolute atomic E-state index is 0.0405. The molecular weight excluding hydrogens is 489 g/mol. The molecule has 33 heavy (non-hydrogen) atoms. The molecule has 0 unspecified atom stereocenters. The van der Waals surface area contributed by atoms with E-state index in [0.717, 1.165) is 0 Å². The SMILES string of the molecule is CC(C)N1CCN(S(=O)(=O)c2ccc(NC(=O)c3ccc(S(F)(F)(F)(F)F)cc3)cc2)CC1. The minimum atomic E-state index is -9.82. The Morgan fingerprint density at radius 2 is 1.39 bits per heavy atom. The maximum atomic E-state index is 12.9. The molecule has 13 heteroatoms. The fourth-order valence-electron chi connectivity index (χ4n) is 3.39. The Labute approximate surface area is 189 Å². The van der Waals surface area contributed by atoms with E-state index in [4.69, 9.17) is 0 Å². The van der Waals surface area contributed by atoms with Gasteiger partial charge >= 0.3 is 10.2 Å². The molecule has 0 atom stereocenters. The van der Waals surface area contributed by atoms with Crippen LogP contribution in [0.3, 0.4) is 0 Å². The van der Waals surface area contributed by atoms with Gasteiger partial charge in [0.2, 0.25) is 10.0 Å². The van der Waals surface area contributed by atoms with Crippen molar-refractivity contribution in [2.75, 3.05) is 31.5 Å². The lowest BCUT2D eigenvalue weighted by molar-refractivity contribution is 0.102. The second-order valence-corrected chi connectivity index (χ2v) is 12.4. The molecule has 1 aliphatic heterocycles. The van der Waals surface area contributed by atoms with Gasteiger partial charge in [-0.1, -0.05) is 19.4 Å². The molecule has 0 saturated carbocycles. The van der Waals surface area contributed by atoms with E-state index in [2.05, 4.69) is 10.2 Å². The monoisotopic (exact) mass is 513 g/mol. The third-order valence-electron chi connectivity index (χ3n) is 5.32. The van der Waals surface area contributed by atoms with Gasteiger partial charge in [-0.05, 0) is 62.4 Å². The van der Waals surface area contributed by atoms with E-state index in [-0.39, 0.29) is 28.3 Å². The maximum Gasteiger partial charge on any atom is 0.310 e. The average molecular weight is 514 g/mol. The highest BCUT2D eigenvalue weighted by Crippen LogP contribution is 3.02. The third-order valence-corrected chi connectivity index (χ3v) is 8.39. The number of nitrogens with zero attached hydrogens (tertiary/aromatic N) is 2. The van der Waals surface area contributed by atoms with Gasteiger partial charge < -0.3 is 5.32 Å². The summed E-state index contributed by atoms with van der Waals surface area (Å²) in [5, 5.41) is 2.40. The van der Waals surface area contributed by atoms with Gasteiger partial charge in [0, 0.05) is 43.5 Å². The molecule has 0 bridgehead atoms. The highest BCUT2D eigenvalue weighted by molar-refractivity contribution is 8.45. The smallest absolute Gasteiger partial charge is 0.310 e. The fourth-order valence-corrected chi connectivity index (χ4v) is 5.46. The summed E-state index contributed by atoms with van der Waals surface area (Å²) in [5.74, 6) is -0.830. The number of hydrogen-bond donors (Lipinski definition) is 1. The zero-order valence-electron chi connectivity index (χ0n) is 17.9. The van der Waals surface area contributed by atoms with Crippen LogP contribution in [-0.2, 0) is 10.0 Å². The average Bonchev–Trinajstić information content (AvgIpc) is 2.72. The lowest BCUT2D eigenvalue weighted by Gasteiger charge is -2.40. The van der Waals surface area contributed by atoms with E-state index >= 15 is 0 Å². The van der Waals surface area contributed by atoms with Crippen LogP contribution in [0.4, 0.5) is 25.1 Å². The first-order chi connectivity index (χ1) is 15.0. The highest BCUT2D eigenvalue weighted by Gasteiger charge is 2.65. The third kappa shape index (κ3) is 6.02. The van der Waals surface area contributed by atoms with Gasteiger partial charge in [-0.3, -0.25) is 9.69 Å². The molecule has 3 rings (SSSR count). The Hall–Kier alpha value is -2.22. The molecule has 184 valence electrons. The van der Waals surface area contributed by atoms with E-state index in [1.165, 1.54) is 28.6 Å². The number of halogens is 5. The Morgan fingerprint density at radius 3 is 1.85 bits per heavy atom. The lowest BCUT2D eigenvalue weighted by Crippen LogP contribution is -2.50. The molecule has 6 nitrogen and oxygen atoms in total. The van der Waals surface area contributed by atoms with Gasteiger partial charge in [-0.15, -0.1) is 0 Å². The van der Waals surface area contributed by atoms with Crippen LogP contribution in [0.5, 0.6) is 0 Å². The van der Waals surface area contributed by atoms with Gasteiger partial charge in [-0.2, -0.15) is 4.31 Å². The molecule has 0 aromatic heterocycles.